The lowest BCUT2D eigenvalue weighted by Crippen LogP contribution is -2.48. The normalized spacial score (nSPS) is 46.5. The van der Waals surface area contributed by atoms with E-state index in [1.807, 2.05) is 18.7 Å². The van der Waals surface area contributed by atoms with Crippen LogP contribution in [0.3, 0.4) is 0 Å². The summed E-state index contributed by atoms with van der Waals surface area (Å²) in [5.74, 6) is 4.75. The number of rotatable bonds is 3. The summed E-state index contributed by atoms with van der Waals surface area (Å²) in [6.45, 7) is 1.86. The van der Waals surface area contributed by atoms with E-state index in [1.165, 1.54) is 32.1 Å². The summed E-state index contributed by atoms with van der Waals surface area (Å²) in [5.41, 5.74) is 5.30. The molecule has 4 bridgehead atoms. The average molecular weight is 250 g/mol. The predicted octanol–water partition coefficient (Wildman–Crippen LogP) is 2.79. The fourth-order valence-corrected chi connectivity index (χ4v) is 6.04. The molecule has 94 valence electrons. The zero-order chi connectivity index (χ0) is 12.0. The van der Waals surface area contributed by atoms with Crippen LogP contribution in [0.2, 0.25) is 0 Å². The Kier molecular flexibility index (Phi) is 2.91. The van der Waals surface area contributed by atoms with Gasteiger partial charge in [0.05, 0.1) is 6.07 Å². The zero-order valence-corrected chi connectivity index (χ0v) is 11.4. The third-order valence-electron chi connectivity index (χ3n) is 4.97. The van der Waals surface area contributed by atoms with Crippen LogP contribution in [0.15, 0.2) is 0 Å². The minimum atomic E-state index is -0.640. The van der Waals surface area contributed by atoms with Gasteiger partial charge in [0.15, 0.2) is 0 Å². The molecule has 4 saturated carbocycles. The Morgan fingerprint density at radius 1 is 1.18 bits per heavy atom. The van der Waals surface area contributed by atoms with Gasteiger partial charge in [-0.25, -0.2) is 0 Å². The van der Waals surface area contributed by atoms with Crippen LogP contribution in [0.1, 0.15) is 39.0 Å². The van der Waals surface area contributed by atoms with Crippen LogP contribution < -0.4 is 5.73 Å². The Bertz CT molecular complexity index is 317. The summed E-state index contributed by atoms with van der Waals surface area (Å²) in [5, 5.41) is 9.79. The molecular formula is C14H22N2S. The Labute approximate surface area is 108 Å². The first-order valence-electron chi connectivity index (χ1n) is 6.89. The first-order chi connectivity index (χ1) is 8.07. The number of hydrogen-bond acceptors (Lipinski definition) is 3. The topological polar surface area (TPSA) is 49.8 Å². The molecule has 0 radical (unpaired) electrons. The van der Waals surface area contributed by atoms with Gasteiger partial charge in [-0.1, -0.05) is 0 Å². The molecule has 0 heterocycles. The van der Waals surface area contributed by atoms with Crippen LogP contribution in [-0.2, 0) is 0 Å². The Morgan fingerprint density at radius 3 is 2.18 bits per heavy atom. The van der Waals surface area contributed by atoms with Crippen molar-refractivity contribution in [1.82, 2.24) is 0 Å². The minimum Gasteiger partial charge on any atom is -0.313 e. The maximum Gasteiger partial charge on any atom is 0.110 e. The number of hydrogen-bond donors (Lipinski definition) is 1. The highest BCUT2D eigenvalue weighted by Gasteiger charge is 2.48. The van der Waals surface area contributed by atoms with Gasteiger partial charge >= 0.3 is 0 Å². The molecule has 4 rings (SSSR count). The molecule has 4 aliphatic carbocycles. The van der Waals surface area contributed by atoms with Crippen LogP contribution in [0.25, 0.3) is 0 Å². The molecule has 4 fully saturated rings. The first kappa shape index (κ1) is 11.9. The van der Waals surface area contributed by atoms with E-state index < -0.39 is 5.54 Å². The van der Waals surface area contributed by atoms with Gasteiger partial charge in [0.1, 0.15) is 5.54 Å². The van der Waals surface area contributed by atoms with E-state index in [2.05, 4.69) is 6.07 Å². The van der Waals surface area contributed by atoms with Crippen LogP contribution in [-0.4, -0.2) is 16.5 Å². The van der Waals surface area contributed by atoms with Crippen molar-refractivity contribution in [3.05, 3.63) is 0 Å². The smallest absolute Gasteiger partial charge is 0.110 e. The summed E-state index contributed by atoms with van der Waals surface area (Å²) in [4.78, 5) is 0. The molecule has 17 heavy (non-hydrogen) atoms. The molecule has 0 aromatic heterocycles. The second-order valence-corrected chi connectivity index (χ2v) is 7.90. The number of nitrogens with two attached hydrogens (primary N) is 1. The molecule has 1 atom stereocenters. The third kappa shape index (κ3) is 2.22. The molecule has 3 heteroatoms. The average Bonchev–Trinajstić information content (AvgIpc) is 2.27. The van der Waals surface area contributed by atoms with E-state index in [1.54, 1.807) is 0 Å². The van der Waals surface area contributed by atoms with Gasteiger partial charge in [0.2, 0.25) is 0 Å². The monoisotopic (exact) mass is 250 g/mol. The highest BCUT2D eigenvalue weighted by Crippen LogP contribution is 2.57. The lowest BCUT2D eigenvalue weighted by atomic mass is 9.56. The van der Waals surface area contributed by atoms with Crippen molar-refractivity contribution in [2.75, 3.05) is 5.75 Å². The second kappa shape index (κ2) is 4.17. The van der Waals surface area contributed by atoms with Crippen LogP contribution in [0, 0.1) is 35.0 Å². The molecule has 0 saturated heterocycles. The molecule has 0 amide bonds. The zero-order valence-electron chi connectivity index (χ0n) is 10.6. The summed E-state index contributed by atoms with van der Waals surface area (Å²) >= 11 is 2.00. The van der Waals surface area contributed by atoms with E-state index in [-0.39, 0.29) is 0 Å². The number of nitriles is 1. The Morgan fingerprint density at radius 2 is 1.71 bits per heavy atom. The molecule has 0 aromatic rings. The predicted molar refractivity (Wildman–Crippen MR) is 71.5 cm³/mol. The molecule has 4 aliphatic rings. The molecule has 0 spiro atoms. The number of nitrogens with zero attached hydrogens (tertiary/aromatic N) is 1. The van der Waals surface area contributed by atoms with Crippen molar-refractivity contribution in [3.8, 4) is 6.07 Å². The van der Waals surface area contributed by atoms with Gasteiger partial charge < -0.3 is 5.73 Å². The van der Waals surface area contributed by atoms with E-state index in [0.717, 1.165) is 34.7 Å². The van der Waals surface area contributed by atoms with Crippen molar-refractivity contribution in [2.45, 2.75) is 49.8 Å². The fraction of sp³-hybridized carbons (Fsp3) is 0.929. The van der Waals surface area contributed by atoms with E-state index in [9.17, 15) is 0 Å². The van der Waals surface area contributed by atoms with Crippen molar-refractivity contribution in [2.24, 2.45) is 29.4 Å². The van der Waals surface area contributed by atoms with Gasteiger partial charge in [-0.2, -0.15) is 17.0 Å². The largest absolute Gasteiger partial charge is 0.313 e. The van der Waals surface area contributed by atoms with E-state index >= 15 is 0 Å². The maximum atomic E-state index is 8.99. The summed E-state index contributed by atoms with van der Waals surface area (Å²) in [6, 6.07) is 2.22. The van der Waals surface area contributed by atoms with Crippen molar-refractivity contribution in [1.29, 1.82) is 5.26 Å². The van der Waals surface area contributed by atoms with Gasteiger partial charge in [0, 0.05) is 11.0 Å². The summed E-state index contributed by atoms with van der Waals surface area (Å²) in [7, 11) is 0. The third-order valence-corrected chi connectivity index (χ3v) is 6.89. The SMILES string of the molecule is CC(N)(C#N)CSC1C2CC3CC(C2)CC1C3. The van der Waals surface area contributed by atoms with Crippen LogP contribution in [0.5, 0.6) is 0 Å². The fourth-order valence-electron chi connectivity index (χ4n) is 4.45. The van der Waals surface area contributed by atoms with Gasteiger partial charge in [-0.15, -0.1) is 0 Å². The maximum absolute atomic E-state index is 8.99. The van der Waals surface area contributed by atoms with Gasteiger partial charge in [-0.3, -0.25) is 0 Å². The summed E-state index contributed by atoms with van der Waals surface area (Å²) < 4.78 is 0. The molecule has 1 unspecified atom stereocenters. The minimum absolute atomic E-state index is 0.640. The van der Waals surface area contributed by atoms with Gasteiger partial charge in [0.25, 0.3) is 0 Å². The Hall–Kier alpha value is -0.200. The molecule has 0 aliphatic heterocycles. The standard InChI is InChI=1S/C14H22N2S/c1-14(16,7-15)8-17-13-11-3-9-2-10(5-11)6-12(13)4-9/h9-13H,2-6,8,16H2,1H3. The number of thioether (sulfide) groups is 1. The van der Waals surface area contributed by atoms with Crippen molar-refractivity contribution in [3.63, 3.8) is 0 Å². The lowest BCUT2D eigenvalue weighted by molar-refractivity contribution is 0.0267. The van der Waals surface area contributed by atoms with Crippen molar-refractivity contribution >= 4 is 11.8 Å². The van der Waals surface area contributed by atoms with E-state index in [4.69, 9.17) is 11.0 Å². The molecular weight excluding hydrogens is 228 g/mol. The quantitative estimate of drug-likeness (QED) is 0.838. The van der Waals surface area contributed by atoms with E-state index in [0.29, 0.717) is 0 Å². The second-order valence-electron chi connectivity index (χ2n) is 6.74. The Balaban J connectivity index is 1.63. The summed E-state index contributed by atoms with van der Waals surface area (Å²) in [6.07, 6.45) is 7.34. The van der Waals surface area contributed by atoms with Gasteiger partial charge in [-0.05, 0) is 62.7 Å². The highest BCUT2D eigenvalue weighted by molar-refractivity contribution is 8.00. The highest BCUT2D eigenvalue weighted by atomic mass is 32.2. The first-order valence-corrected chi connectivity index (χ1v) is 7.94. The van der Waals surface area contributed by atoms with Crippen LogP contribution in [0.4, 0.5) is 0 Å². The molecule has 2 nitrogen and oxygen atoms in total. The van der Waals surface area contributed by atoms with Crippen LogP contribution >= 0.6 is 11.8 Å². The molecule has 0 aromatic carbocycles. The van der Waals surface area contributed by atoms with Crippen molar-refractivity contribution < 1.29 is 0 Å². The molecule has 2 N–H and O–H groups in total. The lowest BCUT2D eigenvalue weighted by Gasteiger charge is -2.54.